The minimum Gasteiger partial charge on any atom is -0.475 e. The van der Waals surface area contributed by atoms with Crippen LogP contribution in [0.5, 0.6) is 0 Å². The van der Waals surface area contributed by atoms with E-state index in [1.54, 1.807) is 12.3 Å². The Morgan fingerprint density at radius 2 is 2.00 bits per heavy atom. The van der Waals surface area contributed by atoms with E-state index in [2.05, 4.69) is 26.8 Å². The molecule has 0 atom stereocenters. The third-order valence-corrected chi connectivity index (χ3v) is 4.06. The van der Waals surface area contributed by atoms with E-state index in [1.807, 2.05) is 24.3 Å². The van der Waals surface area contributed by atoms with Crippen LogP contribution >= 0.6 is 11.8 Å². The molecule has 27 heavy (non-hydrogen) atoms. The molecular weight excluding hydrogens is 385 g/mol. The molecule has 0 saturated heterocycles. The maximum atomic E-state index is 10.6. The average Bonchev–Trinajstić information content (AvgIpc) is 3.06. The molecule has 1 aromatic carbocycles. The van der Waals surface area contributed by atoms with Crippen LogP contribution in [0.2, 0.25) is 0 Å². The fraction of sp³-hybridized carbons (Fsp3) is 0.0667. The summed E-state index contributed by atoms with van der Waals surface area (Å²) in [6, 6.07) is 11.7. The number of nitrogens with one attached hydrogen (secondary N) is 2. The predicted octanol–water partition coefficient (Wildman–Crippen LogP) is 2.81. The van der Waals surface area contributed by atoms with Gasteiger partial charge in [-0.05, 0) is 18.2 Å². The highest BCUT2D eigenvalue weighted by Gasteiger charge is 2.38. The number of carboxylic acids is 1. The molecule has 2 heterocycles. The molecular formula is C15H11F3N6O2S. The van der Waals surface area contributed by atoms with E-state index < -0.39 is 12.1 Å². The molecule has 2 aromatic rings. The lowest BCUT2D eigenvalue weighted by molar-refractivity contribution is -0.192. The van der Waals surface area contributed by atoms with E-state index >= 15 is 0 Å². The topological polar surface area (TPSA) is 137 Å². The van der Waals surface area contributed by atoms with Gasteiger partial charge in [-0.3, -0.25) is 5.43 Å². The van der Waals surface area contributed by atoms with Gasteiger partial charge in [-0.1, -0.05) is 23.9 Å². The van der Waals surface area contributed by atoms with Crippen LogP contribution in [0.4, 0.5) is 24.8 Å². The summed E-state index contributed by atoms with van der Waals surface area (Å²) in [6.07, 6.45) is -3.53. The SMILES string of the molecule is N#C/C(=C1/Nc2ccccc2S1)c1ccnc(NN)n1.O=C(O)C(F)(F)F. The second kappa shape index (κ2) is 8.39. The van der Waals surface area contributed by atoms with Crippen LogP contribution < -0.4 is 16.6 Å². The summed E-state index contributed by atoms with van der Waals surface area (Å²) in [4.78, 5) is 18.1. The average molecular weight is 396 g/mol. The first-order valence-electron chi connectivity index (χ1n) is 7.04. The van der Waals surface area contributed by atoms with E-state index in [4.69, 9.17) is 15.7 Å². The molecule has 140 valence electrons. The Hall–Kier alpha value is -3.30. The molecule has 0 radical (unpaired) electrons. The highest BCUT2D eigenvalue weighted by Crippen LogP contribution is 2.43. The Morgan fingerprint density at radius 1 is 1.33 bits per heavy atom. The summed E-state index contributed by atoms with van der Waals surface area (Å²) in [5.74, 6) is 2.81. The Balaban J connectivity index is 0.000000321. The number of benzene rings is 1. The first-order chi connectivity index (χ1) is 12.8. The van der Waals surface area contributed by atoms with Crippen molar-refractivity contribution in [2.45, 2.75) is 11.1 Å². The molecule has 1 aliphatic heterocycles. The number of hydrazine groups is 1. The number of aliphatic carboxylic acids is 1. The summed E-state index contributed by atoms with van der Waals surface area (Å²) in [7, 11) is 0. The van der Waals surface area contributed by atoms with E-state index in [1.165, 1.54) is 11.8 Å². The van der Waals surface area contributed by atoms with Crippen LogP contribution in [0.15, 0.2) is 46.5 Å². The normalized spacial score (nSPS) is 14.0. The Labute approximate surface area is 154 Å². The van der Waals surface area contributed by atoms with Gasteiger partial charge in [-0.25, -0.2) is 20.6 Å². The summed E-state index contributed by atoms with van der Waals surface area (Å²) in [5.41, 5.74) is 4.35. The van der Waals surface area contributed by atoms with Gasteiger partial charge in [0.15, 0.2) is 0 Å². The van der Waals surface area contributed by atoms with Crippen molar-refractivity contribution in [2.24, 2.45) is 5.84 Å². The van der Waals surface area contributed by atoms with Crippen molar-refractivity contribution in [1.82, 2.24) is 9.97 Å². The molecule has 3 rings (SSSR count). The number of alkyl halides is 3. The number of hydrogen-bond acceptors (Lipinski definition) is 8. The number of nitrogen functional groups attached to an aromatic ring is 1. The molecule has 5 N–H and O–H groups in total. The zero-order valence-corrected chi connectivity index (χ0v) is 14.1. The van der Waals surface area contributed by atoms with Crippen LogP contribution in [0, 0.1) is 11.3 Å². The van der Waals surface area contributed by atoms with E-state index in [9.17, 15) is 18.4 Å². The molecule has 0 unspecified atom stereocenters. The van der Waals surface area contributed by atoms with E-state index in [0.29, 0.717) is 11.3 Å². The molecule has 0 spiro atoms. The molecule has 0 fully saturated rings. The Bertz CT molecular complexity index is 899. The van der Waals surface area contributed by atoms with Crippen molar-refractivity contribution in [1.29, 1.82) is 5.26 Å². The van der Waals surface area contributed by atoms with Crippen molar-refractivity contribution in [3.8, 4) is 6.07 Å². The van der Waals surface area contributed by atoms with Crippen LogP contribution in [0.1, 0.15) is 5.69 Å². The van der Waals surface area contributed by atoms with Crippen molar-refractivity contribution in [3.05, 3.63) is 47.3 Å². The molecule has 8 nitrogen and oxygen atoms in total. The summed E-state index contributed by atoms with van der Waals surface area (Å²) < 4.78 is 31.7. The van der Waals surface area contributed by atoms with E-state index in [0.717, 1.165) is 15.6 Å². The number of aromatic nitrogens is 2. The number of allylic oxidation sites excluding steroid dienone is 1. The van der Waals surface area contributed by atoms with E-state index in [-0.39, 0.29) is 5.95 Å². The quantitative estimate of drug-likeness (QED) is 0.343. The molecule has 12 heteroatoms. The summed E-state index contributed by atoms with van der Waals surface area (Å²) in [5, 5.41) is 20.5. The van der Waals surface area contributed by atoms with Crippen LogP contribution in [-0.4, -0.2) is 27.2 Å². The van der Waals surface area contributed by atoms with Crippen LogP contribution in [0.25, 0.3) is 5.57 Å². The number of hydrogen-bond donors (Lipinski definition) is 4. The van der Waals surface area contributed by atoms with Gasteiger partial charge < -0.3 is 10.4 Å². The van der Waals surface area contributed by atoms with Gasteiger partial charge >= 0.3 is 12.1 Å². The maximum absolute atomic E-state index is 10.6. The first-order valence-corrected chi connectivity index (χ1v) is 7.86. The van der Waals surface area contributed by atoms with Crippen molar-refractivity contribution < 1.29 is 23.1 Å². The second-order valence-corrected chi connectivity index (χ2v) is 5.80. The number of carbonyl (C=O) groups is 1. The minimum absolute atomic E-state index is 0.274. The van der Waals surface area contributed by atoms with Crippen LogP contribution in [-0.2, 0) is 4.79 Å². The first kappa shape index (κ1) is 20.0. The molecule has 0 aliphatic carbocycles. The van der Waals surface area contributed by atoms with Gasteiger partial charge in [-0.2, -0.15) is 18.4 Å². The zero-order chi connectivity index (χ0) is 20.0. The number of nitrogens with zero attached hydrogens (tertiary/aromatic N) is 3. The largest absolute Gasteiger partial charge is 0.490 e. The third-order valence-electron chi connectivity index (χ3n) is 2.97. The highest BCUT2D eigenvalue weighted by molar-refractivity contribution is 8.04. The Kier molecular flexibility index (Phi) is 6.22. The molecule has 1 aliphatic rings. The number of nitrogens with two attached hydrogens (primary N) is 1. The Morgan fingerprint density at radius 3 is 2.56 bits per heavy atom. The molecule has 0 amide bonds. The summed E-state index contributed by atoms with van der Waals surface area (Å²) >= 11 is 1.51. The number of carboxylic acid groups (broad SMARTS) is 1. The molecule has 1 aromatic heterocycles. The van der Waals surface area contributed by atoms with Crippen molar-refractivity contribution in [2.75, 3.05) is 10.7 Å². The fourth-order valence-corrected chi connectivity index (χ4v) is 2.83. The van der Waals surface area contributed by atoms with Gasteiger partial charge in [0, 0.05) is 11.1 Å². The minimum atomic E-state index is -5.08. The number of anilines is 2. The highest BCUT2D eigenvalue weighted by atomic mass is 32.2. The number of halogens is 3. The van der Waals surface area contributed by atoms with Gasteiger partial charge in [0.25, 0.3) is 0 Å². The molecule has 0 bridgehead atoms. The van der Waals surface area contributed by atoms with Gasteiger partial charge in [0.1, 0.15) is 11.6 Å². The standard InChI is InChI=1S/C13H10N6S.C2HF3O2/c14-7-8(9-5-6-16-13(18-9)19-15)12-17-10-3-1-2-4-11(10)20-12;3-2(4,5)1(6)7/h1-6,17H,15H2,(H,16,18,19);(H,6,7)/b12-8+;. The second-order valence-electron chi connectivity index (χ2n) is 4.75. The number of para-hydroxylation sites is 1. The molecule has 0 saturated carbocycles. The number of thioether (sulfide) groups is 1. The van der Waals surface area contributed by atoms with Gasteiger partial charge in [-0.15, -0.1) is 0 Å². The number of rotatable bonds is 2. The lowest BCUT2D eigenvalue weighted by atomic mass is 10.2. The maximum Gasteiger partial charge on any atom is 0.490 e. The van der Waals surface area contributed by atoms with Crippen molar-refractivity contribution >= 4 is 34.9 Å². The van der Waals surface area contributed by atoms with Crippen LogP contribution in [0.3, 0.4) is 0 Å². The lowest BCUT2D eigenvalue weighted by Crippen LogP contribution is -2.21. The summed E-state index contributed by atoms with van der Waals surface area (Å²) in [6.45, 7) is 0. The smallest absolute Gasteiger partial charge is 0.475 e. The number of nitriles is 1. The lowest BCUT2D eigenvalue weighted by Gasteiger charge is -2.04. The van der Waals surface area contributed by atoms with Gasteiger partial charge in [0.2, 0.25) is 5.95 Å². The fourth-order valence-electron chi connectivity index (χ4n) is 1.82. The monoisotopic (exact) mass is 396 g/mol. The predicted molar refractivity (Wildman–Crippen MR) is 92.0 cm³/mol. The number of fused-ring (bicyclic) bond motifs is 1. The third kappa shape index (κ3) is 5.09. The van der Waals surface area contributed by atoms with Gasteiger partial charge in [0.05, 0.1) is 16.4 Å². The van der Waals surface area contributed by atoms with Crippen molar-refractivity contribution in [3.63, 3.8) is 0 Å². The zero-order valence-electron chi connectivity index (χ0n) is 13.3.